The molecule has 1 N–H and O–H groups in total. The second-order valence-corrected chi connectivity index (χ2v) is 4.85. The van der Waals surface area contributed by atoms with E-state index in [1.54, 1.807) is 0 Å². The third-order valence-corrected chi connectivity index (χ3v) is 3.14. The molecule has 1 atom stereocenters. The summed E-state index contributed by atoms with van der Waals surface area (Å²) in [6.45, 7) is 7.56. The van der Waals surface area contributed by atoms with Crippen LogP contribution in [0.2, 0.25) is 0 Å². The Morgan fingerprint density at radius 2 is 2.00 bits per heavy atom. The number of hydrogen-bond donors (Lipinski definition) is 1. The Morgan fingerprint density at radius 1 is 1.18 bits per heavy atom. The Hall–Kier alpha value is -0.760. The Balaban J connectivity index is 2.42. The van der Waals surface area contributed by atoms with Crippen molar-refractivity contribution in [1.82, 2.24) is 5.32 Å². The smallest absolute Gasteiger partial charge is 0.101 e. The highest BCUT2D eigenvalue weighted by molar-refractivity contribution is 5.16. The zero-order valence-corrected chi connectivity index (χ0v) is 11.6. The molecular weight excluding hydrogens is 210 g/mol. The van der Waals surface area contributed by atoms with Gasteiger partial charge in [-0.25, -0.2) is 0 Å². The van der Waals surface area contributed by atoms with Crippen molar-refractivity contribution in [3.05, 3.63) is 23.7 Å². The standard InChI is InChI=1S/C15H27NO/c1-4-6-7-8-9-15(16-10-5-2)14-11-13(3)17-12-14/h11-12,15-16H,4-10H2,1-3H3. The molecule has 0 aliphatic carbocycles. The Kier molecular flexibility index (Phi) is 7.02. The lowest BCUT2D eigenvalue weighted by Gasteiger charge is -2.16. The molecule has 2 nitrogen and oxygen atoms in total. The number of rotatable bonds is 9. The van der Waals surface area contributed by atoms with Gasteiger partial charge in [-0.15, -0.1) is 0 Å². The van der Waals surface area contributed by atoms with Crippen molar-refractivity contribution in [1.29, 1.82) is 0 Å². The van der Waals surface area contributed by atoms with Gasteiger partial charge in [-0.2, -0.15) is 0 Å². The third kappa shape index (κ3) is 5.40. The molecule has 0 saturated carbocycles. The number of furan rings is 1. The maximum absolute atomic E-state index is 5.41. The van der Waals surface area contributed by atoms with Crippen molar-refractivity contribution in [3.8, 4) is 0 Å². The average Bonchev–Trinajstić information content (AvgIpc) is 2.75. The summed E-state index contributed by atoms with van der Waals surface area (Å²) in [6.07, 6.45) is 9.61. The number of aryl methyl sites for hydroxylation is 1. The van der Waals surface area contributed by atoms with Gasteiger partial charge in [-0.05, 0) is 32.4 Å². The number of unbranched alkanes of at least 4 members (excludes halogenated alkanes) is 3. The fourth-order valence-corrected chi connectivity index (χ4v) is 2.13. The Morgan fingerprint density at radius 3 is 2.59 bits per heavy atom. The van der Waals surface area contributed by atoms with Crippen LogP contribution in [0, 0.1) is 6.92 Å². The second kappa shape index (κ2) is 8.35. The van der Waals surface area contributed by atoms with E-state index in [-0.39, 0.29) is 0 Å². The van der Waals surface area contributed by atoms with Crippen LogP contribution in [0.25, 0.3) is 0 Å². The first-order valence-electron chi connectivity index (χ1n) is 7.06. The van der Waals surface area contributed by atoms with E-state index < -0.39 is 0 Å². The summed E-state index contributed by atoms with van der Waals surface area (Å²) in [5.74, 6) is 1.01. The molecule has 0 radical (unpaired) electrons. The predicted molar refractivity (Wildman–Crippen MR) is 73.2 cm³/mol. The van der Waals surface area contributed by atoms with Gasteiger partial charge in [0.25, 0.3) is 0 Å². The third-order valence-electron chi connectivity index (χ3n) is 3.14. The van der Waals surface area contributed by atoms with Crippen LogP contribution in [0.5, 0.6) is 0 Å². The van der Waals surface area contributed by atoms with Crippen LogP contribution in [-0.2, 0) is 0 Å². The van der Waals surface area contributed by atoms with Crippen LogP contribution < -0.4 is 5.32 Å². The molecule has 0 aliphatic heterocycles. The van der Waals surface area contributed by atoms with Gasteiger partial charge >= 0.3 is 0 Å². The van der Waals surface area contributed by atoms with Gasteiger partial charge in [0.1, 0.15) is 5.76 Å². The van der Waals surface area contributed by atoms with Crippen LogP contribution >= 0.6 is 0 Å². The molecular formula is C15H27NO. The van der Waals surface area contributed by atoms with Gasteiger partial charge in [0.15, 0.2) is 0 Å². The van der Waals surface area contributed by atoms with Gasteiger partial charge in [-0.3, -0.25) is 0 Å². The van der Waals surface area contributed by atoms with Crippen LogP contribution in [-0.4, -0.2) is 6.54 Å². The minimum Gasteiger partial charge on any atom is -0.469 e. The van der Waals surface area contributed by atoms with E-state index in [9.17, 15) is 0 Å². The van der Waals surface area contributed by atoms with Crippen molar-refractivity contribution >= 4 is 0 Å². The topological polar surface area (TPSA) is 25.2 Å². The summed E-state index contributed by atoms with van der Waals surface area (Å²) < 4.78 is 5.41. The van der Waals surface area contributed by atoms with Crippen LogP contribution in [0.3, 0.4) is 0 Å². The largest absolute Gasteiger partial charge is 0.469 e. The molecule has 0 saturated heterocycles. The average molecular weight is 237 g/mol. The van der Waals surface area contributed by atoms with Crippen LogP contribution in [0.4, 0.5) is 0 Å². The molecule has 1 aromatic heterocycles. The van der Waals surface area contributed by atoms with Gasteiger partial charge in [0.05, 0.1) is 6.26 Å². The van der Waals surface area contributed by atoms with Crippen molar-refractivity contribution in [2.45, 2.75) is 65.3 Å². The summed E-state index contributed by atoms with van der Waals surface area (Å²) in [6, 6.07) is 2.64. The summed E-state index contributed by atoms with van der Waals surface area (Å²) in [7, 11) is 0. The lowest BCUT2D eigenvalue weighted by molar-refractivity contribution is 0.462. The second-order valence-electron chi connectivity index (χ2n) is 4.85. The summed E-state index contributed by atoms with van der Waals surface area (Å²) in [5.41, 5.74) is 1.31. The van der Waals surface area contributed by atoms with E-state index >= 15 is 0 Å². The molecule has 17 heavy (non-hydrogen) atoms. The normalized spacial score (nSPS) is 12.9. The minimum absolute atomic E-state index is 0.476. The molecule has 0 aliphatic rings. The number of hydrogen-bond acceptors (Lipinski definition) is 2. The SMILES string of the molecule is CCCCCCC(NCCC)c1coc(C)c1. The number of nitrogens with one attached hydrogen (secondary N) is 1. The summed E-state index contributed by atoms with van der Waals surface area (Å²) >= 11 is 0. The minimum atomic E-state index is 0.476. The molecule has 0 bridgehead atoms. The molecule has 1 unspecified atom stereocenters. The molecule has 0 aromatic carbocycles. The quantitative estimate of drug-likeness (QED) is 0.635. The van der Waals surface area contributed by atoms with E-state index in [4.69, 9.17) is 4.42 Å². The summed E-state index contributed by atoms with van der Waals surface area (Å²) in [4.78, 5) is 0. The van der Waals surface area contributed by atoms with Crippen molar-refractivity contribution in [2.24, 2.45) is 0 Å². The van der Waals surface area contributed by atoms with Crippen LogP contribution in [0.1, 0.15) is 69.7 Å². The lowest BCUT2D eigenvalue weighted by atomic mass is 10.0. The van der Waals surface area contributed by atoms with E-state index in [1.807, 2.05) is 13.2 Å². The zero-order chi connectivity index (χ0) is 12.5. The van der Waals surface area contributed by atoms with E-state index in [0.717, 1.165) is 12.3 Å². The fraction of sp³-hybridized carbons (Fsp3) is 0.733. The van der Waals surface area contributed by atoms with Crippen molar-refractivity contribution in [3.63, 3.8) is 0 Å². The molecule has 0 amide bonds. The van der Waals surface area contributed by atoms with Crippen molar-refractivity contribution < 1.29 is 4.42 Å². The first-order chi connectivity index (χ1) is 8.27. The molecule has 1 heterocycles. The van der Waals surface area contributed by atoms with E-state index in [2.05, 4.69) is 25.2 Å². The van der Waals surface area contributed by atoms with Gasteiger partial charge < -0.3 is 9.73 Å². The fourth-order valence-electron chi connectivity index (χ4n) is 2.13. The molecule has 2 heteroatoms. The highest BCUT2D eigenvalue weighted by Gasteiger charge is 2.12. The monoisotopic (exact) mass is 237 g/mol. The highest BCUT2D eigenvalue weighted by atomic mass is 16.3. The maximum atomic E-state index is 5.41. The molecule has 0 fully saturated rings. The maximum Gasteiger partial charge on any atom is 0.101 e. The first kappa shape index (κ1) is 14.3. The van der Waals surface area contributed by atoms with Gasteiger partial charge in [0, 0.05) is 11.6 Å². The molecule has 98 valence electrons. The van der Waals surface area contributed by atoms with Gasteiger partial charge in [0.2, 0.25) is 0 Å². The Labute approximate surface area is 106 Å². The predicted octanol–water partition coefficient (Wildman–Crippen LogP) is 4.60. The molecule has 0 spiro atoms. The molecule has 1 aromatic rings. The van der Waals surface area contributed by atoms with E-state index in [1.165, 1.54) is 44.1 Å². The molecule has 1 rings (SSSR count). The van der Waals surface area contributed by atoms with E-state index in [0.29, 0.717) is 6.04 Å². The van der Waals surface area contributed by atoms with Crippen LogP contribution in [0.15, 0.2) is 16.7 Å². The van der Waals surface area contributed by atoms with Crippen molar-refractivity contribution in [2.75, 3.05) is 6.54 Å². The lowest BCUT2D eigenvalue weighted by Crippen LogP contribution is -2.21. The summed E-state index contributed by atoms with van der Waals surface area (Å²) in [5, 5.41) is 3.62. The van der Waals surface area contributed by atoms with Gasteiger partial charge in [-0.1, -0.05) is 39.5 Å². The zero-order valence-electron chi connectivity index (χ0n) is 11.6. The first-order valence-corrected chi connectivity index (χ1v) is 7.06. The highest BCUT2D eigenvalue weighted by Crippen LogP contribution is 2.22. The Bertz CT molecular complexity index is 293.